The molecule has 0 fully saturated rings. The second-order valence-electron chi connectivity index (χ2n) is 3.48. The molecule has 86 valence electrons. The first-order chi connectivity index (χ1) is 8.25. The molecule has 0 unspecified atom stereocenters. The van der Waals surface area contributed by atoms with Crippen LogP contribution in [0.15, 0.2) is 59.5 Å². The van der Waals surface area contributed by atoms with Crippen LogP contribution in [-0.4, -0.2) is 0 Å². The molecule has 0 saturated heterocycles. The van der Waals surface area contributed by atoms with Crippen LogP contribution in [0.2, 0.25) is 0 Å². The minimum absolute atomic E-state index is 0.541. The molecule has 1 aliphatic heterocycles. The van der Waals surface area contributed by atoms with Crippen LogP contribution in [-0.2, 0) is 4.57 Å². The summed E-state index contributed by atoms with van der Waals surface area (Å²) in [6.45, 7) is -3.16. The lowest BCUT2D eigenvalue weighted by atomic mass is 10.3. The molecule has 0 aliphatic carbocycles. The molecule has 2 aromatic carbocycles. The summed E-state index contributed by atoms with van der Waals surface area (Å²) in [5, 5.41) is 0. The molecule has 0 atom stereocenters. The van der Waals surface area contributed by atoms with E-state index in [0.717, 1.165) is 16.3 Å². The highest BCUT2D eigenvalue weighted by molar-refractivity contribution is 8.55. The predicted molar refractivity (Wildman–Crippen MR) is 67.6 cm³/mol. The van der Waals surface area contributed by atoms with Crippen molar-refractivity contribution >= 4 is 18.2 Å². The second kappa shape index (κ2) is 4.13. The Kier molecular flexibility index (Phi) is 2.61. The maximum absolute atomic E-state index is 12.4. The number of benzene rings is 2. The molecule has 0 radical (unpaired) electrons. The van der Waals surface area contributed by atoms with Gasteiger partial charge in [-0.05, 0) is 24.3 Å². The maximum atomic E-state index is 12.4. The van der Waals surface area contributed by atoms with Crippen LogP contribution in [0.3, 0.4) is 0 Å². The summed E-state index contributed by atoms with van der Waals surface area (Å²) in [7, 11) is 0. The lowest BCUT2D eigenvalue weighted by Gasteiger charge is -2.08. The Hall–Kier alpha value is -1.38. The standard InChI is InChI=1S/C12H9O3PS/c13-16(17-10-6-2-1-3-7-10)14-11-8-4-5-9-12(11)15-16/h1-9H. The van der Waals surface area contributed by atoms with Gasteiger partial charge in [-0.3, -0.25) is 0 Å². The number of rotatable bonds is 2. The van der Waals surface area contributed by atoms with E-state index >= 15 is 0 Å². The highest BCUT2D eigenvalue weighted by Gasteiger charge is 2.37. The van der Waals surface area contributed by atoms with Gasteiger partial charge in [0.1, 0.15) is 0 Å². The van der Waals surface area contributed by atoms with E-state index in [0.29, 0.717) is 11.5 Å². The van der Waals surface area contributed by atoms with Crippen molar-refractivity contribution in [3.8, 4) is 11.5 Å². The third kappa shape index (κ3) is 2.19. The Balaban J connectivity index is 1.85. The molecule has 17 heavy (non-hydrogen) atoms. The Labute approximate surface area is 103 Å². The van der Waals surface area contributed by atoms with Gasteiger partial charge in [0.2, 0.25) is 0 Å². The van der Waals surface area contributed by atoms with E-state index in [1.165, 1.54) is 0 Å². The SMILES string of the molecule is O=P1(Sc2ccccc2)Oc2ccccc2O1. The highest BCUT2D eigenvalue weighted by atomic mass is 32.7. The normalized spacial score (nSPS) is 15.8. The first-order valence-electron chi connectivity index (χ1n) is 5.08. The van der Waals surface area contributed by atoms with Crippen LogP contribution in [0.1, 0.15) is 0 Å². The maximum Gasteiger partial charge on any atom is 0.497 e. The molecule has 3 nitrogen and oxygen atoms in total. The topological polar surface area (TPSA) is 35.5 Å². The largest absolute Gasteiger partial charge is 0.497 e. The van der Waals surface area contributed by atoms with Crippen molar-refractivity contribution < 1.29 is 13.6 Å². The van der Waals surface area contributed by atoms with E-state index in [1.807, 2.05) is 42.5 Å². The fraction of sp³-hybridized carbons (Fsp3) is 0. The predicted octanol–water partition coefficient (Wildman–Crippen LogP) is 4.36. The average molecular weight is 264 g/mol. The van der Waals surface area contributed by atoms with Crippen LogP contribution >= 0.6 is 18.2 Å². The second-order valence-corrected chi connectivity index (χ2v) is 7.28. The zero-order chi connectivity index (χ0) is 11.7. The van der Waals surface area contributed by atoms with Gasteiger partial charge in [-0.25, -0.2) is 4.57 Å². The van der Waals surface area contributed by atoms with Gasteiger partial charge in [0.05, 0.1) is 0 Å². The third-order valence-corrected chi connectivity index (χ3v) is 5.53. The summed E-state index contributed by atoms with van der Waals surface area (Å²) in [6, 6.07) is 16.6. The van der Waals surface area contributed by atoms with E-state index in [4.69, 9.17) is 9.05 Å². The summed E-state index contributed by atoms with van der Waals surface area (Å²) in [5.41, 5.74) is 0. The minimum Gasteiger partial charge on any atom is -0.404 e. The van der Waals surface area contributed by atoms with E-state index in [9.17, 15) is 4.57 Å². The molecule has 0 saturated carbocycles. The first-order valence-corrected chi connectivity index (χ1v) is 8.04. The minimum atomic E-state index is -3.16. The zero-order valence-corrected chi connectivity index (χ0v) is 10.5. The summed E-state index contributed by atoms with van der Waals surface area (Å²) < 4.78 is 23.1. The van der Waals surface area contributed by atoms with Gasteiger partial charge in [0, 0.05) is 16.3 Å². The smallest absolute Gasteiger partial charge is 0.404 e. The molecule has 0 spiro atoms. The van der Waals surface area contributed by atoms with Gasteiger partial charge in [-0.2, -0.15) is 0 Å². The lowest BCUT2D eigenvalue weighted by Crippen LogP contribution is -1.86. The molecule has 3 rings (SSSR count). The van der Waals surface area contributed by atoms with E-state index in [2.05, 4.69) is 0 Å². The summed E-state index contributed by atoms with van der Waals surface area (Å²) >= 11 is 1.12. The van der Waals surface area contributed by atoms with Gasteiger partial charge < -0.3 is 9.05 Å². The fourth-order valence-corrected chi connectivity index (χ4v) is 4.79. The first kappa shape index (κ1) is 10.8. The van der Waals surface area contributed by atoms with Crippen molar-refractivity contribution in [2.75, 3.05) is 0 Å². The van der Waals surface area contributed by atoms with Crippen LogP contribution in [0.25, 0.3) is 0 Å². The van der Waals surface area contributed by atoms with Crippen molar-refractivity contribution in [3.05, 3.63) is 54.6 Å². The zero-order valence-electron chi connectivity index (χ0n) is 8.78. The van der Waals surface area contributed by atoms with Gasteiger partial charge in [0.25, 0.3) is 0 Å². The monoisotopic (exact) mass is 264 g/mol. The van der Waals surface area contributed by atoms with Gasteiger partial charge in [-0.15, -0.1) is 0 Å². The van der Waals surface area contributed by atoms with Crippen LogP contribution in [0.4, 0.5) is 0 Å². The molecule has 0 bridgehead atoms. The van der Waals surface area contributed by atoms with Crippen molar-refractivity contribution in [1.29, 1.82) is 0 Å². The van der Waals surface area contributed by atoms with Crippen LogP contribution in [0.5, 0.6) is 11.5 Å². The molecule has 1 aliphatic rings. The molecule has 5 heteroatoms. The highest BCUT2D eigenvalue weighted by Crippen LogP contribution is 2.68. The number of fused-ring (bicyclic) bond motifs is 1. The van der Waals surface area contributed by atoms with Crippen LogP contribution in [0, 0.1) is 0 Å². The van der Waals surface area contributed by atoms with E-state index < -0.39 is 6.80 Å². The van der Waals surface area contributed by atoms with Crippen molar-refractivity contribution in [3.63, 3.8) is 0 Å². The third-order valence-electron chi connectivity index (χ3n) is 2.23. The van der Waals surface area contributed by atoms with Crippen molar-refractivity contribution in [2.24, 2.45) is 0 Å². The van der Waals surface area contributed by atoms with Gasteiger partial charge in [0.15, 0.2) is 11.5 Å². The van der Waals surface area contributed by atoms with Gasteiger partial charge >= 0.3 is 6.80 Å². The number of para-hydroxylation sites is 2. The Morgan fingerprint density at radius 3 is 1.94 bits per heavy atom. The Morgan fingerprint density at radius 1 is 0.824 bits per heavy atom. The summed E-state index contributed by atoms with van der Waals surface area (Å²) in [6.07, 6.45) is 0. The summed E-state index contributed by atoms with van der Waals surface area (Å²) in [5.74, 6) is 1.08. The summed E-state index contributed by atoms with van der Waals surface area (Å²) in [4.78, 5) is 0.864. The molecular weight excluding hydrogens is 255 g/mol. The molecule has 0 N–H and O–H groups in total. The van der Waals surface area contributed by atoms with Crippen molar-refractivity contribution in [1.82, 2.24) is 0 Å². The van der Waals surface area contributed by atoms with Crippen molar-refractivity contribution in [2.45, 2.75) is 4.90 Å². The van der Waals surface area contributed by atoms with E-state index in [1.54, 1.807) is 12.1 Å². The molecule has 0 amide bonds. The molecule has 2 aromatic rings. The molecular formula is C12H9O3PS. The lowest BCUT2D eigenvalue weighted by molar-refractivity contribution is 0.454. The molecule has 0 aromatic heterocycles. The molecule has 1 heterocycles. The van der Waals surface area contributed by atoms with Crippen LogP contribution < -0.4 is 9.05 Å². The average Bonchev–Trinajstić information content (AvgIpc) is 2.66. The number of hydrogen-bond donors (Lipinski definition) is 0. The quantitative estimate of drug-likeness (QED) is 0.755. The Morgan fingerprint density at radius 2 is 1.35 bits per heavy atom. The van der Waals surface area contributed by atoms with Gasteiger partial charge in [-0.1, -0.05) is 30.3 Å². The Bertz CT molecular complexity index is 556. The fourth-order valence-electron chi connectivity index (χ4n) is 1.51. The van der Waals surface area contributed by atoms with E-state index in [-0.39, 0.29) is 0 Å². The number of hydrogen-bond acceptors (Lipinski definition) is 4.